The first-order valence-electron chi connectivity index (χ1n) is 6.23. The van der Waals surface area contributed by atoms with Gasteiger partial charge in [-0.15, -0.1) is 0 Å². The quantitative estimate of drug-likeness (QED) is 0.804. The minimum Gasteiger partial charge on any atom is -0.481 e. The van der Waals surface area contributed by atoms with Gasteiger partial charge in [-0.05, 0) is 19.3 Å². The molecule has 0 radical (unpaired) electrons. The Morgan fingerprint density at radius 3 is 2.69 bits per heavy atom. The zero-order valence-corrected chi connectivity index (χ0v) is 9.61. The lowest BCUT2D eigenvalue weighted by molar-refractivity contribution is -0.201. The predicted molar refractivity (Wildman–Crippen MR) is 58.1 cm³/mol. The highest BCUT2D eigenvalue weighted by molar-refractivity contribution is 5.66. The molecule has 2 aliphatic rings. The van der Waals surface area contributed by atoms with Crippen LogP contribution < -0.4 is 0 Å². The second kappa shape index (κ2) is 5.15. The van der Waals surface area contributed by atoms with Crippen LogP contribution in [0.25, 0.3) is 0 Å². The molecule has 1 spiro atoms. The molecule has 1 atom stereocenters. The second-order valence-electron chi connectivity index (χ2n) is 4.74. The first kappa shape index (κ1) is 11.9. The molecular formula is C12H20O4. The van der Waals surface area contributed by atoms with Gasteiger partial charge in [0.1, 0.15) is 0 Å². The minimum absolute atomic E-state index is 0.221. The topological polar surface area (TPSA) is 55.8 Å². The summed E-state index contributed by atoms with van der Waals surface area (Å²) in [5.74, 6) is -0.919. The Labute approximate surface area is 95.9 Å². The molecule has 0 amide bonds. The number of aliphatic carboxylic acids is 1. The number of carbonyl (C=O) groups is 1. The summed E-state index contributed by atoms with van der Waals surface area (Å²) in [7, 11) is 0. The van der Waals surface area contributed by atoms with Crippen molar-refractivity contribution in [2.75, 3.05) is 13.2 Å². The monoisotopic (exact) mass is 228 g/mol. The molecule has 1 saturated carbocycles. The Bertz CT molecular complexity index is 245. The van der Waals surface area contributed by atoms with E-state index >= 15 is 0 Å². The molecule has 1 aliphatic carbocycles. The van der Waals surface area contributed by atoms with E-state index in [4.69, 9.17) is 14.6 Å². The van der Waals surface area contributed by atoms with Gasteiger partial charge >= 0.3 is 5.97 Å². The van der Waals surface area contributed by atoms with E-state index in [9.17, 15) is 4.79 Å². The van der Waals surface area contributed by atoms with Gasteiger partial charge in [0.2, 0.25) is 0 Å². The number of hydrogen-bond acceptors (Lipinski definition) is 3. The molecule has 1 N–H and O–H groups in total. The summed E-state index contributed by atoms with van der Waals surface area (Å²) in [4.78, 5) is 10.6. The normalized spacial score (nSPS) is 29.1. The molecule has 1 heterocycles. The van der Waals surface area contributed by atoms with Crippen molar-refractivity contribution >= 4 is 5.97 Å². The number of carboxylic acids is 1. The van der Waals surface area contributed by atoms with Crippen LogP contribution in [0.4, 0.5) is 0 Å². The van der Waals surface area contributed by atoms with Gasteiger partial charge < -0.3 is 14.6 Å². The molecule has 92 valence electrons. The number of hydrogen-bond donors (Lipinski definition) is 1. The molecule has 0 aromatic carbocycles. The first-order chi connectivity index (χ1) is 7.73. The van der Waals surface area contributed by atoms with Gasteiger partial charge in [-0.3, -0.25) is 4.79 Å². The predicted octanol–water partition coefficient (Wildman–Crippen LogP) is 2.17. The highest BCUT2D eigenvalue weighted by Crippen LogP contribution is 2.41. The van der Waals surface area contributed by atoms with Crippen molar-refractivity contribution in [3.05, 3.63) is 0 Å². The summed E-state index contributed by atoms with van der Waals surface area (Å²) in [5.41, 5.74) is 0. The van der Waals surface area contributed by atoms with Gasteiger partial charge in [0.05, 0.1) is 13.2 Å². The van der Waals surface area contributed by atoms with Crippen LogP contribution in [-0.2, 0) is 14.3 Å². The maximum absolute atomic E-state index is 10.6. The first-order valence-corrected chi connectivity index (χ1v) is 6.23. The van der Waals surface area contributed by atoms with E-state index in [0.29, 0.717) is 19.6 Å². The molecule has 16 heavy (non-hydrogen) atoms. The fourth-order valence-corrected chi connectivity index (χ4v) is 2.88. The third-order valence-electron chi connectivity index (χ3n) is 3.68. The fourth-order valence-electron chi connectivity index (χ4n) is 2.88. The van der Waals surface area contributed by atoms with E-state index in [1.165, 1.54) is 12.8 Å². The van der Waals surface area contributed by atoms with Crippen LogP contribution in [-0.4, -0.2) is 30.1 Å². The van der Waals surface area contributed by atoms with Crippen LogP contribution >= 0.6 is 0 Å². The maximum Gasteiger partial charge on any atom is 0.303 e. The lowest BCUT2D eigenvalue weighted by Gasteiger charge is -2.34. The maximum atomic E-state index is 10.6. The highest BCUT2D eigenvalue weighted by Gasteiger charge is 2.44. The highest BCUT2D eigenvalue weighted by atomic mass is 16.7. The Hall–Kier alpha value is -0.610. The Balaban J connectivity index is 2.01. The second-order valence-corrected chi connectivity index (χ2v) is 4.74. The molecule has 4 heteroatoms. The Kier molecular flexibility index (Phi) is 3.82. The van der Waals surface area contributed by atoms with Gasteiger partial charge in [0, 0.05) is 18.8 Å². The van der Waals surface area contributed by atoms with Crippen LogP contribution in [0.5, 0.6) is 0 Å². The standard InChI is InChI=1S/C12H20O4/c13-11(14)6-5-10-4-2-1-3-7-12(10)15-8-9-16-12/h10H,1-9H2,(H,13,14). The van der Waals surface area contributed by atoms with E-state index in [2.05, 4.69) is 0 Å². The van der Waals surface area contributed by atoms with E-state index < -0.39 is 11.8 Å². The SMILES string of the molecule is O=C(O)CCC1CCCCCC12OCCO2. The fraction of sp³-hybridized carbons (Fsp3) is 0.917. The third-order valence-corrected chi connectivity index (χ3v) is 3.68. The summed E-state index contributed by atoms with van der Waals surface area (Å²) >= 11 is 0. The zero-order valence-electron chi connectivity index (χ0n) is 9.61. The summed E-state index contributed by atoms with van der Waals surface area (Å²) in [6, 6.07) is 0. The van der Waals surface area contributed by atoms with Crippen LogP contribution in [0.2, 0.25) is 0 Å². The Morgan fingerprint density at radius 2 is 2.00 bits per heavy atom. The average molecular weight is 228 g/mol. The largest absolute Gasteiger partial charge is 0.481 e. The minimum atomic E-state index is -0.725. The van der Waals surface area contributed by atoms with Crippen LogP contribution in [0.15, 0.2) is 0 Å². The van der Waals surface area contributed by atoms with Crippen molar-refractivity contribution in [1.29, 1.82) is 0 Å². The molecule has 1 aliphatic heterocycles. The molecule has 4 nitrogen and oxygen atoms in total. The van der Waals surface area contributed by atoms with Crippen LogP contribution in [0.3, 0.4) is 0 Å². The van der Waals surface area contributed by atoms with Crippen molar-refractivity contribution in [3.63, 3.8) is 0 Å². The van der Waals surface area contributed by atoms with Gasteiger partial charge in [0.25, 0.3) is 0 Å². The molecule has 2 fully saturated rings. The zero-order chi connectivity index (χ0) is 11.4. The molecule has 1 unspecified atom stereocenters. The summed E-state index contributed by atoms with van der Waals surface area (Å²) in [6.07, 6.45) is 6.36. The summed E-state index contributed by atoms with van der Waals surface area (Å²) in [6.45, 7) is 1.31. The number of rotatable bonds is 3. The lowest BCUT2D eigenvalue weighted by atomic mass is 9.89. The van der Waals surface area contributed by atoms with Gasteiger partial charge in [0.15, 0.2) is 5.79 Å². The van der Waals surface area contributed by atoms with Crippen molar-refractivity contribution in [2.45, 2.75) is 50.7 Å². The van der Waals surface area contributed by atoms with Crippen molar-refractivity contribution in [1.82, 2.24) is 0 Å². The van der Waals surface area contributed by atoms with E-state index in [0.717, 1.165) is 19.3 Å². The van der Waals surface area contributed by atoms with Gasteiger partial charge in [-0.1, -0.05) is 12.8 Å². The van der Waals surface area contributed by atoms with Crippen LogP contribution in [0, 0.1) is 5.92 Å². The molecular weight excluding hydrogens is 208 g/mol. The van der Waals surface area contributed by atoms with E-state index in [1.807, 2.05) is 0 Å². The van der Waals surface area contributed by atoms with Crippen molar-refractivity contribution in [3.8, 4) is 0 Å². The summed E-state index contributed by atoms with van der Waals surface area (Å²) in [5, 5.41) is 8.76. The number of carboxylic acid groups (broad SMARTS) is 1. The Morgan fingerprint density at radius 1 is 1.25 bits per heavy atom. The van der Waals surface area contributed by atoms with E-state index in [1.54, 1.807) is 0 Å². The smallest absolute Gasteiger partial charge is 0.303 e. The molecule has 2 rings (SSSR count). The van der Waals surface area contributed by atoms with E-state index in [-0.39, 0.29) is 12.3 Å². The van der Waals surface area contributed by atoms with Crippen molar-refractivity contribution in [2.24, 2.45) is 5.92 Å². The molecule has 0 aromatic heterocycles. The van der Waals surface area contributed by atoms with Gasteiger partial charge in [-0.2, -0.15) is 0 Å². The third kappa shape index (κ3) is 2.55. The van der Waals surface area contributed by atoms with Gasteiger partial charge in [-0.25, -0.2) is 0 Å². The number of ether oxygens (including phenoxy) is 2. The molecule has 1 saturated heterocycles. The molecule has 0 aromatic rings. The summed E-state index contributed by atoms with van der Waals surface area (Å²) < 4.78 is 11.6. The lowest BCUT2D eigenvalue weighted by Crippen LogP contribution is -2.38. The van der Waals surface area contributed by atoms with Crippen LogP contribution in [0.1, 0.15) is 44.9 Å². The average Bonchev–Trinajstić information content (AvgIpc) is 2.61. The molecule has 0 bridgehead atoms. The van der Waals surface area contributed by atoms with Crippen molar-refractivity contribution < 1.29 is 19.4 Å².